The third-order valence-corrected chi connectivity index (χ3v) is 4.35. The molecule has 8 heteroatoms. The lowest BCUT2D eigenvalue weighted by molar-refractivity contribution is -0.144. The Morgan fingerprint density at radius 2 is 2.14 bits per heavy atom. The molecule has 2 aromatic rings. The van der Waals surface area contributed by atoms with E-state index in [2.05, 4.69) is 10.1 Å². The third kappa shape index (κ3) is 2.62. The number of halogens is 2. The van der Waals surface area contributed by atoms with Gasteiger partial charge in [-0.25, -0.2) is 9.67 Å². The summed E-state index contributed by atoms with van der Waals surface area (Å²) in [5, 5.41) is 14.3. The molecule has 0 saturated carbocycles. The van der Waals surface area contributed by atoms with E-state index in [-0.39, 0.29) is 5.02 Å². The number of nitrogens with zero attached hydrogens (tertiary/aromatic N) is 4. The van der Waals surface area contributed by atoms with Gasteiger partial charge < -0.3 is 5.11 Å². The maximum absolute atomic E-state index is 11.7. The van der Waals surface area contributed by atoms with Crippen LogP contribution in [0.4, 0.5) is 0 Å². The number of carboxylic acids is 1. The second-order valence-corrected chi connectivity index (χ2v) is 5.54. The van der Waals surface area contributed by atoms with Gasteiger partial charge >= 0.3 is 5.97 Å². The van der Waals surface area contributed by atoms with Crippen molar-refractivity contribution in [3.63, 3.8) is 0 Å². The highest BCUT2D eigenvalue weighted by Crippen LogP contribution is 2.34. The highest BCUT2D eigenvalue weighted by atomic mass is 35.5. The van der Waals surface area contributed by atoms with Gasteiger partial charge in [-0.3, -0.25) is 9.69 Å². The van der Waals surface area contributed by atoms with E-state index in [0.717, 1.165) is 5.82 Å². The van der Waals surface area contributed by atoms with E-state index in [1.54, 1.807) is 22.9 Å². The van der Waals surface area contributed by atoms with Crippen LogP contribution >= 0.6 is 23.2 Å². The first-order chi connectivity index (χ1) is 10.1. The van der Waals surface area contributed by atoms with Crippen LogP contribution in [0.2, 0.25) is 10.0 Å². The lowest BCUT2D eigenvalue weighted by Crippen LogP contribution is -2.40. The molecule has 6 nitrogen and oxygen atoms in total. The van der Waals surface area contributed by atoms with Crippen LogP contribution in [0.1, 0.15) is 17.4 Å². The fourth-order valence-electron chi connectivity index (χ4n) is 2.52. The zero-order valence-electron chi connectivity index (χ0n) is 10.9. The lowest BCUT2D eigenvalue weighted by atomic mass is 10.0. The summed E-state index contributed by atoms with van der Waals surface area (Å²) in [6.07, 6.45) is 1.47. The van der Waals surface area contributed by atoms with Gasteiger partial charge in [0.1, 0.15) is 18.2 Å². The Labute approximate surface area is 130 Å². The number of hydrogen-bond acceptors (Lipinski definition) is 4. The molecule has 1 aromatic heterocycles. The molecule has 1 aliphatic rings. The van der Waals surface area contributed by atoms with Crippen molar-refractivity contribution in [3.05, 3.63) is 46.0 Å². The highest BCUT2D eigenvalue weighted by Gasteiger charge is 2.32. The Morgan fingerprint density at radius 3 is 2.90 bits per heavy atom. The summed E-state index contributed by atoms with van der Waals surface area (Å²) in [5.41, 5.74) is 0.490. The minimum absolute atomic E-state index is 0.276. The lowest BCUT2D eigenvalue weighted by Gasteiger charge is -2.32. The van der Waals surface area contributed by atoms with E-state index < -0.39 is 12.0 Å². The monoisotopic (exact) mass is 326 g/mol. The van der Waals surface area contributed by atoms with Gasteiger partial charge in [-0.1, -0.05) is 35.3 Å². The normalized spacial score (nSPS) is 16.5. The van der Waals surface area contributed by atoms with E-state index in [1.165, 1.54) is 6.33 Å². The van der Waals surface area contributed by atoms with Crippen molar-refractivity contribution in [1.29, 1.82) is 0 Å². The fraction of sp³-hybridized carbons (Fsp3) is 0.308. The molecule has 0 spiro atoms. The summed E-state index contributed by atoms with van der Waals surface area (Å²) in [7, 11) is 0. The number of hydrogen-bond donors (Lipinski definition) is 1. The van der Waals surface area contributed by atoms with Gasteiger partial charge in [0.2, 0.25) is 0 Å². The number of carboxylic acid groups (broad SMARTS) is 1. The van der Waals surface area contributed by atoms with Crippen LogP contribution < -0.4 is 0 Å². The smallest absolute Gasteiger partial charge is 0.325 e. The van der Waals surface area contributed by atoms with E-state index in [4.69, 9.17) is 23.2 Å². The van der Waals surface area contributed by atoms with Crippen LogP contribution in [-0.4, -0.2) is 37.3 Å². The number of fused-ring (bicyclic) bond motifs is 1. The predicted octanol–water partition coefficient (Wildman–Crippen LogP) is 2.23. The van der Waals surface area contributed by atoms with Crippen molar-refractivity contribution in [2.24, 2.45) is 0 Å². The summed E-state index contributed by atoms with van der Waals surface area (Å²) in [4.78, 5) is 17.7. The first kappa shape index (κ1) is 14.3. The number of aromatic nitrogens is 3. The minimum Gasteiger partial charge on any atom is -0.480 e. The van der Waals surface area contributed by atoms with Gasteiger partial charge in [0, 0.05) is 12.1 Å². The second kappa shape index (κ2) is 5.63. The summed E-state index contributed by atoms with van der Waals surface area (Å²) < 4.78 is 1.77. The van der Waals surface area contributed by atoms with Crippen LogP contribution in [0.5, 0.6) is 0 Å². The van der Waals surface area contributed by atoms with Gasteiger partial charge in [0.05, 0.1) is 23.1 Å². The topological polar surface area (TPSA) is 71.2 Å². The molecule has 1 unspecified atom stereocenters. The molecule has 110 valence electrons. The average molecular weight is 327 g/mol. The molecule has 1 atom stereocenters. The highest BCUT2D eigenvalue weighted by molar-refractivity contribution is 6.42. The zero-order valence-corrected chi connectivity index (χ0v) is 12.4. The number of carbonyl (C=O) groups is 1. The van der Waals surface area contributed by atoms with Gasteiger partial charge in [-0.2, -0.15) is 5.10 Å². The fourth-order valence-corrected chi connectivity index (χ4v) is 2.93. The molecule has 3 rings (SSSR count). The van der Waals surface area contributed by atoms with Crippen molar-refractivity contribution in [2.45, 2.75) is 19.1 Å². The molecule has 21 heavy (non-hydrogen) atoms. The Bertz CT molecular complexity index is 689. The SMILES string of the molecule is O=C(O)C(c1cccc(Cl)c1Cl)N1CCn2ncnc2C1. The zero-order chi connectivity index (χ0) is 15.0. The molecule has 0 fully saturated rings. The van der Waals surface area contributed by atoms with Crippen LogP contribution in [0.15, 0.2) is 24.5 Å². The first-order valence-corrected chi connectivity index (χ1v) is 7.11. The minimum atomic E-state index is -0.966. The van der Waals surface area contributed by atoms with E-state index >= 15 is 0 Å². The van der Waals surface area contributed by atoms with Gasteiger partial charge in [-0.15, -0.1) is 0 Å². The van der Waals surface area contributed by atoms with Crippen molar-refractivity contribution >= 4 is 29.2 Å². The van der Waals surface area contributed by atoms with Crippen molar-refractivity contribution < 1.29 is 9.90 Å². The number of rotatable bonds is 3. The number of aliphatic carboxylic acids is 1. The van der Waals surface area contributed by atoms with E-state index in [9.17, 15) is 9.90 Å². The van der Waals surface area contributed by atoms with E-state index in [0.29, 0.717) is 30.2 Å². The predicted molar refractivity (Wildman–Crippen MR) is 77.3 cm³/mol. The van der Waals surface area contributed by atoms with Crippen LogP contribution in [0, 0.1) is 0 Å². The Kier molecular flexibility index (Phi) is 3.84. The van der Waals surface area contributed by atoms with Gasteiger partial charge in [0.15, 0.2) is 0 Å². The largest absolute Gasteiger partial charge is 0.480 e. The number of benzene rings is 1. The molecule has 1 N–H and O–H groups in total. The summed E-state index contributed by atoms with van der Waals surface area (Å²) >= 11 is 12.2. The molecule has 0 radical (unpaired) electrons. The summed E-state index contributed by atoms with van der Waals surface area (Å²) in [5.74, 6) is -0.224. The Hall–Kier alpha value is -1.63. The molecular weight excluding hydrogens is 315 g/mol. The van der Waals surface area contributed by atoms with Crippen molar-refractivity contribution in [3.8, 4) is 0 Å². The molecule has 2 heterocycles. The van der Waals surface area contributed by atoms with E-state index in [1.807, 2.05) is 4.90 Å². The van der Waals surface area contributed by atoms with Crippen LogP contribution in [0.3, 0.4) is 0 Å². The molecule has 0 bridgehead atoms. The molecule has 0 saturated heterocycles. The van der Waals surface area contributed by atoms with Crippen LogP contribution in [-0.2, 0) is 17.9 Å². The standard InChI is InChI=1S/C13H12Cl2N4O2/c14-9-3-1-2-8(11(9)15)12(13(20)21)18-4-5-19-10(6-18)16-7-17-19/h1-3,7,12H,4-6H2,(H,20,21). The summed E-state index contributed by atoms with van der Waals surface area (Å²) in [6, 6.07) is 4.17. The second-order valence-electron chi connectivity index (χ2n) is 4.75. The third-order valence-electron chi connectivity index (χ3n) is 3.51. The van der Waals surface area contributed by atoms with Crippen LogP contribution in [0.25, 0.3) is 0 Å². The molecule has 0 aliphatic carbocycles. The van der Waals surface area contributed by atoms with Crippen molar-refractivity contribution in [2.75, 3.05) is 6.54 Å². The average Bonchev–Trinajstić information content (AvgIpc) is 2.91. The Morgan fingerprint density at radius 1 is 1.33 bits per heavy atom. The molecule has 1 aliphatic heterocycles. The first-order valence-electron chi connectivity index (χ1n) is 6.35. The Balaban J connectivity index is 1.96. The summed E-state index contributed by atoms with van der Waals surface area (Å²) in [6.45, 7) is 1.55. The molecular formula is C13H12Cl2N4O2. The van der Waals surface area contributed by atoms with Gasteiger partial charge in [-0.05, 0) is 6.07 Å². The maximum atomic E-state index is 11.7. The van der Waals surface area contributed by atoms with Crippen molar-refractivity contribution in [1.82, 2.24) is 19.7 Å². The quantitative estimate of drug-likeness (QED) is 0.936. The van der Waals surface area contributed by atoms with Gasteiger partial charge in [0.25, 0.3) is 0 Å². The molecule has 1 aromatic carbocycles. The maximum Gasteiger partial charge on any atom is 0.325 e. The molecule has 0 amide bonds.